The lowest BCUT2D eigenvalue weighted by atomic mass is 10.0. The van der Waals surface area contributed by atoms with Crippen LogP contribution in [-0.2, 0) is 11.0 Å². The predicted molar refractivity (Wildman–Crippen MR) is 123 cm³/mol. The summed E-state index contributed by atoms with van der Waals surface area (Å²) in [4.78, 5) is 41.6. The second-order valence-corrected chi connectivity index (χ2v) is 8.47. The maximum absolute atomic E-state index is 12.8. The molecule has 0 saturated heterocycles. The molecule has 2 amide bonds. The van der Waals surface area contributed by atoms with E-state index in [0.717, 1.165) is 35.6 Å². The molecular weight excluding hydrogens is 471 g/mol. The van der Waals surface area contributed by atoms with E-state index in [2.05, 4.69) is 21.2 Å². The number of aliphatic imine (C=N–C) groups is 1. The van der Waals surface area contributed by atoms with Crippen LogP contribution in [0.25, 0.3) is 0 Å². The summed E-state index contributed by atoms with van der Waals surface area (Å²) in [6, 6.07) is 6.89. The van der Waals surface area contributed by atoms with Crippen LogP contribution < -0.4 is 21.9 Å². The number of halogens is 3. The van der Waals surface area contributed by atoms with Crippen molar-refractivity contribution in [2.24, 2.45) is 10.7 Å². The Morgan fingerprint density at radius 1 is 0.971 bits per heavy atom. The molecule has 34 heavy (non-hydrogen) atoms. The summed E-state index contributed by atoms with van der Waals surface area (Å²) < 4.78 is 38.3. The van der Waals surface area contributed by atoms with Crippen LogP contribution in [0.15, 0.2) is 52.8 Å². The van der Waals surface area contributed by atoms with Crippen molar-refractivity contribution in [2.75, 3.05) is 7.05 Å². The smallest absolute Gasteiger partial charge is 0.394 e. The number of carbonyl (C=O) groups is 3. The molecule has 0 aliphatic rings. The summed E-state index contributed by atoms with van der Waals surface area (Å²) in [6.07, 6.45) is -4.51. The predicted octanol–water partition coefficient (Wildman–Crippen LogP) is 3.02. The van der Waals surface area contributed by atoms with E-state index >= 15 is 0 Å². The number of nitrogens with two attached hydrogens (primary N) is 1. The number of hydrazine groups is 1. The zero-order valence-corrected chi connectivity index (χ0v) is 19.6. The Morgan fingerprint density at radius 2 is 1.53 bits per heavy atom. The summed E-state index contributed by atoms with van der Waals surface area (Å²) in [5, 5.41) is 2.72. The minimum atomic E-state index is -4.51. The summed E-state index contributed by atoms with van der Waals surface area (Å²) in [5.41, 5.74) is 9.77. The SMILES string of the molecule is CN=C(C(=O)C(N)=C(C)NNC(=O)c1ccc(C(=O)NC(C)C)s1)c1ccc(C(F)(F)F)cc1. The number of Topliss-reactive ketones (excluding diaryl/α,β-unsaturated/α-hetero) is 1. The van der Waals surface area contributed by atoms with Crippen LogP contribution in [0.3, 0.4) is 0 Å². The van der Waals surface area contributed by atoms with Crippen molar-refractivity contribution in [1.29, 1.82) is 0 Å². The van der Waals surface area contributed by atoms with Gasteiger partial charge in [0.05, 0.1) is 21.0 Å². The first-order valence-electron chi connectivity index (χ1n) is 9.97. The lowest BCUT2D eigenvalue weighted by Crippen LogP contribution is -2.38. The third-order valence-corrected chi connectivity index (χ3v) is 5.49. The number of benzene rings is 1. The van der Waals surface area contributed by atoms with Crippen LogP contribution in [0.4, 0.5) is 13.2 Å². The van der Waals surface area contributed by atoms with Gasteiger partial charge in [-0.15, -0.1) is 11.3 Å². The summed E-state index contributed by atoms with van der Waals surface area (Å²) in [6.45, 7) is 5.07. The molecule has 1 aromatic heterocycles. The maximum Gasteiger partial charge on any atom is 0.416 e. The quantitative estimate of drug-likeness (QED) is 0.255. The average molecular weight is 496 g/mol. The highest BCUT2D eigenvalue weighted by Crippen LogP contribution is 2.29. The maximum atomic E-state index is 12.8. The van der Waals surface area contributed by atoms with E-state index in [4.69, 9.17) is 5.73 Å². The zero-order chi connectivity index (χ0) is 25.6. The third-order valence-electron chi connectivity index (χ3n) is 4.41. The molecule has 0 unspecified atom stereocenters. The van der Waals surface area contributed by atoms with Crippen LogP contribution in [0.5, 0.6) is 0 Å². The molecule has 0 radical (unpaired) electrons. The van der Waals surface area contributed by atoms with Crippen molar-refractivity contribution >= 4 is 34.6 Å². The summed E-state index contributed by atoms with van der Waals surface area (Å²) >= 11 is 0.989. The lowest BCUT2D eigenvalue weighted by Gasteiger charge is -2.12. The van der Waals surface area contributed by atoms with Crippen LogP contribution in [-0.4, -0.2) is 36.4 Å². The van der Waals surface area contributed by atoms with Crippen molar-refractivity contribution in [2.45, 2.75) is 33.0 Å². The normalized spacial score (nSPS) is 12.8. The lowest BCUT2D eigenvalue weighted by molar-refractivity contribution is -0.137. The van der Waals surface area contributed by atoms with Gasteiger partial charge in [0, 0.05) is 18.7 Å². The number of hydrogen-bond acceptors (Lipinski definition) is 7. The summed E-state index contributed by atoms with van der Waals surface area (Å²) in [5.74, 6) is -1.59. The Morgan fingerprint density at radius 3 is 2.03 bits per heavy atom. The molecule has 0 saturated carbocycles. The summed E-state index contributed by atoms with van der Waals surface area (Å²) in [7, 11) is 1.31. The molecule has 0 aliphatic heterocycles. The fourth-order valence-electron chi connectivity index (χ4n) is 2.67. The molecule has 12 heteroatoms. The molecule has 2 rings (SSSR count). The Balaban J connectivity index is 2.08. The van der Waals surface area contributed by atoms with Crippen LogP contribution >= 0.6 is 11.3 Å². The molecule has 0 spiro atoms. The van der Waals surface area contributed by atoms with E-state index in [0.29, 0.717) is 4.88 Å². The molecule has 2 aromatic rings. The van der Waals surface area contributed by atoms with Gasteiger partial charge in [0.2, 0.25) is 5.78 Å². The molecule has 8 nitrogen and oxygen atoms in total. The number of allylic oxidation sites excluding steroid dienone is 2. The van der Waals surface area contributed by atoms with Crippen LogP contribution in [0.2, 0.25) is 0 Å². The number of rotatable bonds is 8. The van der Waals surface area contributed by atoms with Crippen molar-refractivity contribution < 1.29 is 27.6 Å². The first-order valence-corrected chi connectivity index (χ1v) is 10.8. The van der Waals surface area contributed by atoms with E-state index in [9.17, 15) is 27.6 Å². The van der Waals surface area contributed by atoms with Gasteiger partial charge < -0.3 is 16.5 Å². The molecule has 1 aromatic carbocycles. The average Bonchev–Trinajstić information content (AvgIpc) is 3.27. The topological polar surface area (TPSA) is 126 Å². The molecule has 0 aliphatic carbocycles. The van der Waals surface area contributed by atoms with E-state index in [1.807, 2.05) is 13.8 Å². The molecule has 0 atom stereocenters. The second-order valence-electron chi connectivity index (χ2n) is 7.39. The minimum Gasteiger partial charge on any atom is -0.394 e. The molecule has 0 fully saturated rings. The Labute approximate surface area is 198 Å². The largest absolute Gasteiger partial charge is 0.416 e. The first-order chi connectivity index (χ1) is 15.8. The number of ketones is 1. The van der Waals surface area contributed by atoms with Gasteiger partial charge in [-0.2, -0.15) is 13.2 Å². The first kappa shape index (κ1) is 26.6. The van der Waals surface area contributed by atoms with Gasteiger partial charge in [-0.05, 0) is 45.0 Å². The molecule has 182 valence electrons. The van der Waals surface area contributed by atoms with E-state index in [-0.39, 0.29) is 39.5 Å². The number of alkyl halides is 3. The highest BCUT2D eigenvalue weighted by molar-refractivity contribution is 7.15. The molecule has 5 N–H and O–H groups in total. The van der Waals surface area contributed by atoms with Crippen molar-refractivity contribution in [3.8, 4) is 0 Å². The van der Waals surface area contributed by atoms with E-state index < -0.39 is 23.4 Å². The number of carbonyl (C=O) groups excluding carboxylic acids is 3. The second kappa shape index (κ2) is 11.0. The highest BCUT2D eigenvalue weighted by atomic mass is 32.1. The zero-order valence-electron chi connectivity index (χ0n) is 18.8. The Hall–Kier alpha value is -3.67. The van der Waals surface area contributed by atoms with Crippen LogP contribution in [0, 0.1) is 0 Å². The van der Waals surface area contributed by atoms with Gasteiger partial charge in [0.1, 0.15) is 11.4 Å². The molecule has 0 bridgehead atoms. The van der Waals surface area contributed by atoms with Crippen molar-refractivity contribution in [3.63, 3.8) is 0 Å². The minimum absolute atomic E-state index is 0.0547. The van der Waals surface area contributed by atoms with Crippen molar-refractivity contribution in [3.05, 3.63) is 68.7 Å². The van der Waals surface area contributed by atoms with Crippen molar-refractivity contribution in [1.82, 2.24) is 16.2 Å². The fraction of sp³-hybridized carbons (Fsp3) is 0.273. The van der Waals surface area contributed by atoms with Gasteiger partial charge >= 0.3 is 6.18 Å². The molecule has 1 heterocycles. The number of thiophene rings is 1. The highest BCUT2D eigenvalue weighted by Gasteiger charge is 2.30. The number of nitrogens with zero attached hydrogens (tertiary/aromatic N) is 1. The van der Waals surface area contributed by atoms with Gasteiger partial charge in [0.15, 0.2) is 0 Å². The Bertz CT molecular complexity index is 1140. The van der Waals surface area contributed by atoms with E-state index in [1.54, 1.807) is 0 Å². The number of hydrogen-bond donors (Lipinski definition) is 4. The van der Waals surface area contributed by atoms with Gasteiger partial charge in [-0.25, -0.2) is 0 Å². The Kier molecular flexibility index (Phi) is 8.57. The van der Waals surface area contributed by atoms with Gasteiger partial charge in [-0.1, -0.05) is 12.1 Å². The van der Waals surface area contributed by atoms with E-state index in [1.165, 1.54) is 26.1 Å². The van der Waals surface area contributed by atoms with Gasteiger partial charge in [0.25, 0.3) is 11.8 Å². The number of nitrogens with one attached hydrogen (secondary N) is 3. The molecular formula is C22H24F3N5O3S. The van der Waals surface area contributed by atoms with Crippen LogP contribution in [0.1, 0.15) is 51.2 Å². The van der Waals surface area contributed by atoms with Gasteiger partial charge in [-0.3, -0.25) is 24.8 Å². The third kappa shape index (κ3) is 6.67. The number of amides is 2. The standard InChI is InChI=1S/C22H24F3N5O3S/c1-11(2)28-20(32)15-9-10-16(34-15)21(33)30-29-12(3)17(26)19(31)18(27-4)13-5-7-14(8-6-13)22(23,24)25/h5-11,29H,26H2,1-4H3,(H,28,32)(H,30,33). The fourth-order valence-corrected chi connectivity index (χ4v) is 3.48. The monoisotopic (exact) mass is 495 g/mol.